The van der Waals surface area contributed by atoms with Gasteiger partial charge in [-0.2, -0.15) is 0 Å². The molecule has 0 aliphatic carbocycles. The van der Waals surface area contributed by atoms with Gasteiger partial charge in [0.15, 0.2) is 0 Å². The predicted molar refractivity (Wildman–Crippen MR) is 91.0 cm³/mol. The van der Waals surface area contributed by atoms with E-state index in [2.05, 4.69) is 35.5 Å². The first-order valence-electron chi connectivity index (χ1n) is 8.45. The van der Waals surface area contributed by atoms with Gasteiger partial charge in [0.2, 0.25) is 5.91 Å². The van der Waals surface area contributed by atoms with Gasteiger partial charge in [-0.25, -0.2) is 0 Å². The highest BCUT2D eigenvalue weighted by molar-refractivity contribution is 5.93. The van der Waals surface area contributed by atoms with E-state index in [0.29, 0.717) is 5.91 Å². The fourth-order valence-electron chi connectivity index (χ4n) is 3.65. The van der Waals surface area contributed by atoms with Gasteiger partial charge in [-0.15, -0.1) is 0 Å². The Kier molecular flexibility index (Phi) is 3.92. The van der Waals surface area contributed by atoms with Gasteiger partial charge in [-0.05, 0) is 30.9 Å². The van der Waals surface area contributed by atoms with Crippen molar-refractivity contribution in [3.63, 3.8) is 0 Å². The molecule has 4 nitrogen and oxygen atoms in total. The Labute approximate surface area is 136 Å². The quantitative estimate of drug-likeness (QED) is 0.926. The lowest BCUT2D eigenvalue weighted by Crippen LogP contribution is -2.40. The summed E-state index contributed by atoms with van der Waals surface area (Å²) in [5.74, 6) is 0.467. The van der Waals surface area contributed by atoms with E-state index in [0.717, 1.165) is 45.6 Å². The van der Waals surface area contributed by atoms with Gasteiger partial charge in [0.05, 0.1) is 0 Å². The maximum atomic E-state index is 12.6. The molecule has 120 valence electrons. The van der Waals surface area contributed by atoms with Crippen LogP contribution in [0.25, 0.3) is 16.5 Å². The molecule has 0 spiro atoms. The molecule has 2 aromatic rings. The van der Waals surface area contributed by atoms with Crippen molar-refractivity contribution < 1.29 is 9.53 Å². The summed E-state index contributed by atoms with van der Waals surface area (Å²) in [6, 6.07) is 8.38. The van der Waals surface area contributed by atoms with Crippen LogP contribution in [-0.4, -0.2) is 42.1 Å². The van der Waals surface area contributed by atoms with E-state index in [1.807, 2.05) is 11.0 Å². The smallest absolute Gasteiger partial charge is 0.226 e. The van der Waals surface area contributed by atoms with Crippen LogP contribution in [-0.2, 0) is 9.53 Å². The van der Waals surface area contributed by atoms with Crippen LogP contribution in [0.5, 0.6) is 0 Å². The van der Waals surface area contributed by atoms with Crippen molar-refractivity contribution in [3.8, 4) is 0 Å². The zero-order valence-electron chi connectivity index (χ0n) is 13.3. The molecule has 1 N–H and O–H groups in total. The second kappa shape index (κ2) is 6.20. The van der Waals surface area contributed by atoms with Crippen LogP contribution < -0.4 is 0 Å². The number of benzene rings is 1. The molecule has 4 rings (SSSR count). The van der Waals surface area contributed by atoms with Crippen molar-refractivity contribution in [3.05, 3.63) is 42.1 Å². The molecule has 1 aromatic heterocycles. The summed E-state index contributed by atoms with van der Waals surface area (Å²) in [6.45, 7) is 2.99. The number of aromatic nitrogens is 1. The molecule has 1 saturated heterocycles. The first-order chi connectivity index (χ1) is 11.3. The molecule has 0 radical (unpaired) electrons. The van der Waals surface area contributed by atoms with E-state index in [1.165, 1.54) is 22.0 Å². The third-order valence-electron chi connectivity index (χ3n) is 5.03. The summed E-state index contributed by atoms with van der Waals surface area (Å²) in [6.07, 6.45) is 6.97. The van der Waals surface area contributed by atoms with Crippen LogP contribution in [0.15, 0.2) is 36.5 Å². The predicted octanol–water partition coefficient (Wildman–Crippen LogP) is 3.21. The molecular weight excluding hydrogens is 288 g/mol. The van der Waals surface area contributed by atoms with Crippen molar-refractivity contribution in [1.29, 1.82) is 0 Å². The highest BCUT2D eigenvalue weighted by atomic mass is 16.5. The van der Waals surface area contributed by atoms with E-state index >= 15 is 0 Å². The van der Waals surface area contributed by atoms with Crippen molar-refractivity contribution >= 4 is 22.4 Å². The standard InChI is InChI=1S/C19H22N2O2/c22-19(15-7-11-23-12-8-15)21-9-5-14(6-10-21)17-13-20-18-4-2-1-3-16(17)18/h1-5,13,15,20H,6-12H2. The highest BCUT2D eigenvalue weighted by Crippen LogP contribution is 2.30. The molecule has 2 aliphatic heterocycles. The molecular formula is C19H22N2O2. The van der Waals surface area contributed by atoms with E-state index in [1.54, 1.807) is 0 Å². The average Bonchev–Trinajstić information content (AvgIpc) is 3.06. The first-order valence-corrected chi connectivity index (χ1v) is 8.45. The molecule has 4 heteroatoms. The zero-order valence-corrected chi connectivity index (χ0v) is 13.3. The van der Waals surface area contributed by atoms with Crippen LogP contribution in [0.3, 0.4) is 0 Å². The monoisotopic (exact) mass is 310 g/mol. The Morgan fingerprint density at radius 2 is 2.04 bits per heavy atom. The molecule has 0 bridgehead atoms. The van der Waals surface area contributed by atoms with E-state index in [9.17, 15) is 4.79 Å². The summed E-state index contributed by atoms with van der Waals surface area (Å²) in [5, 5.41) is 1.27. The minimum Gasteiger partial charge on any atom is -0.381 e. The third kappa shape index (κ3) is 2.79. The van der Waals surface area contributed by atoms with Crippen LogP contribution in [0.1, 0.15) is 24.8 Å². The van der Waals surface area contributed by atoms with Crippen LogP contribution >= 0.6 is 0 Å². The second-order valence-electron chi connectivity index (χ2n) is 6.40. The lowest BCUT2D eigenvalue weighted by Gasteiger charge is -2.31. The number of nitrogens with one attached hydrogen (secondary N) is 1. The normalized spacial score (nSPS) is 19.8. The summed E-state index contributed by atoms with van der Waals surface area (Å²) < 4.78 is 5.36. The number of fused-ring (bicyclic) bond motifs is 1. The maximum Gasteiger partial charge on any atom is 0.226 e. The van der Waals surface area contributed by atoms with Gasteiger partial charge in [-0.3, -0.25) is 4.79 Å². The molecule has 1 amide bonds. The topological polar surface area (TPSA) is 45.3 Å². The van der Waals surface area contributed by atoms with Gasteiger partial charge in [0, 0.05) is 54.9 Å². The summed E-state index contributed by atoms with van der Waals surface area (Å²) in [5.41, 5.74) is 3.79. The summed E-state index contributed by atoms with van der Waals surface area (Å²) in [7, 11) is 0. The SMILES string of the molecule is O=C(C1CCOCC1)N1CC=C(c2c[nH]c3ccccc23)CC1. The number of rotatable bonds is 2. The molecule has 1 aromatic carbocycles. The number of amides is 1. The Bertz CT molecular complexity index is 741. The molecule has 0 atom stereocenters. The Hall–Kier alpha value is -2.07. The minimum atomic E-state index is 0.159. The number of hydrogen-bond donors (Lipinski definition) is 1. The molecule has 23 heavy (non-hydrogen) atoms. The van der Waals surface area contributed by atoms with Gasteiger partial charge in [-0.1, -0.05) is 24.3 Å². The number of H-pyrrole nitrogens is 1. The van der Waals surface area contributed by atoms with Crippen molar-refractivity contribution in [2.45, 2.75) is 19.3 Å². The van der Waals surface area contributed by atoms with E-state index in [-0.39, 0.29) is 5.92 Å². The van der Waals surface area contributed by atoms with Gasteiger partial charge in [0.25, 0.3) is 0 Å². The van der Waals surface area contributed by atoms with Crippen LogP contribution in [0, 0.1) is 5.92 Å². The molecule has 2 aliphatic rings. The summed E-state index contributed by atoms with van der Waals surface area (Å²) >= 11 is 0. The fraction of sp³-hybridized carbons (Fsp3) is 0.421. The number of aromatic amines is 1. The fourth-order valence-corrected chi connectivity index (χ4v) is 3.65. The molecule has 0 unspecified atom stereocenters. The Morgan fingerprint density at radius 3 is 2.83 bits per heavy atom. The average molecular weight is 310 g/mol. The van der Waals surface area contributed by atoms with Crippen molar-refractivity contribution in [2.24, 2.45) is 5.92 Å². The number of carbonyl (C=O) groups is 1. The third-order valence-corrected chi connectivity index (χ3v) is 5.03. The summed E-state index contributed by atoms with van der Waals surface area (Å²) in [4.78, 5) is 17.9. The molecule has 0 saturated carbocycles. The number of ether oxygens (including phenoxy) is 1. The van der Waals surface area contributed by atoms with Gasteiger partial charge < -0.3 is 14.6 Å². The van der Waals surface area contributed by atoms with Crippen molar-refractivity contribution in [1.82, 2.24) is 9.88 Å². The highest BCUT2D eigenvalue weighted by Gasteiger charge is 2.27. The Balaban J connectivity index is 1.49. The van der Waals surface area contributed by atoms with Gasteiger partial charge in [0.1, 0.15) is 0 Å². The van der Waals surface area contributed by atoms with Crippen molar-refractivity contribution in [2.75, 3.05) is 26.3 Å². The van der Waals surface area contributed by atoms with E-state index in [4.69, 9.17) is 4.74 Å². The number of carbonyl (C=O) groups excluding carboxylic acids is 1. The van der Waals surface area contributed by atoms with Crippen LogP contribution in [0.2, 0.25) is 0 Å². The molecule has 3 heterocycles. The maximum absolute atomic E-state index is 12.6. The second-order valence-corrected chi connectivity index (χ2v) is 6.40. The number of nitrogens with zero attached hydrogens (tertiary/aromatic N) is 1. The number of para-hydroxylation sites is 1. The first kappa shape index (κ1) is 14.5. The number of hydrogen-bond acceptors (Lipinski definition) is 2. The largest absolute Gasteiger partial charge is 0.381 e. The lowest BCUT2D eigenvalue weighted by atomic mass is 9.95. The zero-order chi connectivity index (χ0) is 15.6. The minimum absolute atomic E-state index is 0.159. The lowest BCUT2D eigenvalue weighted by molar-refractivity contribution is -0.138. The molecule has 1 fully saturated rings. The van der Waals surface area contributed by atoms with E-state index < -0.39 is 0 Å². The Morgan fingerprint density at radius 1 is 1.22 bits per heavy atom. The van der Waals surface area contributed by atoms with Crippen LogP contribution in [0.4, 0.5) is 0 Å². The van der Waals surface area contributed by atoms with Gasteiger partial charge >= 0.3 is 0 Å².